The SMILES string of the molecule is COc1ccc(C(=O)N2CCCCC2C)c(N)c1. The Hall–Kier alpha value is -1.71. The molecule has 4 heteroatoms. The van der Waals surface area contributed by atoms with Crippen molar-refractivity contribution in [3.63, 3.8) is 0 Å². The second-order valence-corrected chi connectivity index (χ2v) is 4.80. The van der Waals surface area contributed by atoms with Gasteiger partial charge in [-0.3, -0.25) is 4.79 Å². The molecule has 1 aromatic rings. The first kappa shape index (κ1) is 12.7. The number of anilines is 1. The summed E-state index contributed by atoms with van der Waals surface area (Å²) in [6, 6.07) is 5.52. The standard InChI is InChI=1S/C14H20N2O2/c1-10-5-3-4-8-16(10)14(17)12-7-6-11(18-2)9-13(12)15/h6-7,9-10H,3-5,8,15H2,1-2H3. The predicted molar refractivity (Wildman–Crippen MR) is 71.8 cm³/mol. The molecule has 2 rings (SSSR count). The minimum atomic E-state index is 0.0300. The summed E-state index contributed by atoms with van der Waals surface area (Å²) < 4.78 is 5.09. The highest BCUT2D eigenvalue weighted by Gasteiger charge is 2.25. The fraction of sp³-hybridized carbons (Fsp3) is 0.500. The molecular formula is C14H20N2O2. The van der Waals surface area contributed by atoms with Crippen molar-refractivity contribution in [3.8, 4) is 5.75 Å². The Kier molecular flexibility index (Phi) is 3.75. The zero-order chi connectivity index (χ0) is 13.1. The van der Waals surface area contributed by atoms with E-state index in [1.54, 1.807) is 25.3 Å². The van der Waals surface area contributed by atoms with Crippen molar-refractivity contribution in [2.24, 2.45) is 0 Å². The maximum absolute atomic E-state index is 12.4. The number of likely N-dealkylation sites (tertiary alicyclic amines) is 1. The van der Waals surface area contributed by atoms with Gasteiger partial charge in [0.1, 0.15) is 5.75 Å². The van der Waals surface area contributed by atoms with Crippen LogP contribution in [0, 0.1) is 0 Å². The Bertz CT molecular complexity index is 445. The number of benzene rings is 1. The molecule has 0 bridgehead atoms. The lowest BCUT2D eigenvalue weighted by molar-refractivity contribution is 0.0636. The number of nitrogens with two attached hydrogens (primary N) is 1. The van der Waals surface area contributed by atoms with Crippen LogP contribution in [0.15, 0.2) is 18.2 Å². The first-order chi connectivity index (χ1) is 8.63. The van der Waals surface area contributed by atoms with Crippen LogP contribution in [0.4, 0.5) is 5.69 Å². The number of methoxy groups -OCH3 is 1. The summed E-state index contributed by atoms with van der Waals surface area (Å²) in [5.41, 5.74) is 6.98. The van der Waals surface area contributed by atoms with Gasteiger partial charge in [-0.1, -0.05) is 0 Å². The van der Waals surface area contributed by atoms with E-state index in [-0.39, 0.29) is 5.91 Å². The monoisotopic (exact) mass is 248 g/mol. The lowest BCUT2D eigenvalue weighted by Crippen LogP contribution is -2.42. The maximum atomic E-state index is 12.4. The fourth-order valence-electron chi connectivity index (χ4n) is 2.42. The topological polar surface area (TPSA) is 55.6 Å². The molecule has 1 aromatic carbocycles. The van der Waals surface area contributed by atoms with E-state index in [4.69, 9.17) is 10.5 Å². The summed E-state index contributed by atoms with van der Waals surface area (Å²) in [4.78, 5) is 14.4. The number of rotatable bonds is 2. The van der Waals surface area contributed by atoms with E-state index >= 15 is 0 Å². The molecule has 0 radical (unpaired) electrons. The molecule has 18 heavy (non-hydrogen) atoms. The summed E-state index contributed by atoms with van der Waals surface area (Å²) in [6.07, 6.45) is 3.34. The number of hydrogen-bond donors (Lipinski definition) is 1. The molecule has 0 aromatic heterocycles. The molecule has 0 spiro atoms. The van der Waals surface area contributed by atoms with Gasteiger partial charge >= 0.3 is 0 Å². The molecule has 2 N–H and O–H groups in total. The number of nitrogen functional groups attached to an aromatic ring is 1. The quantitative estimate of drug-likeness (QED) is 0.817. The Morgan fingerprint density at radius 2 is 2.22 bits per heavy atom. The van der Waals surface area contributed by atoms with E-state index < -0.39 is 0 Å². The first-order valence-corrected chi connectivity index (χ1v) is 6.38. The minimum Gasteiger partial charge on any atom is -0.497 e. The summed E-state index contributed by atoms with van der Waals surface area (Å²) in [7, 11) is 1.59. The average Bonchev–Trinajstić information content (AvgIpc) is 2.38. The van der Waals surface area contributed by atoms with Gasteiger partial charge in [0.2, 0.25) is 0 Å². The van der Waals surface area contributed by atoms with Crippen LogP contribution in [0.2, 0.25) is 0 Å². The van der Waals surface area contributed by atoms with Crippen LogP contribution in [0.5, 0.6) is 5.75 Å². The Labute approximate surface area is 108 Å². The molecule has 1 amide bonds. The van der Waals surface area contributed by atoms with E-state index in [1.165, 1.54) is 6.42 Å². The molecule has 0 saturated carbocycles. The Morgan fingerprint density at radius 1 is 1.44 bits per heavy atom. The second-order valence-electron chi connectivity index (χ2n) is 4.80. The lowest BCUT2D eigenvalue weighted by atomic mass is 10.0. The van der Waals surface area contributed by atoms with E-state index in [1.807, 2.05) is 4.90 Å². The molecule has 98 valence electrons. The van der Waals surface area contributed by atoms with Crippen LogP contribution in [-0.2, 0) is 0 Å². The molecule has 1 fully saturated rings. The van der Waals surface area contributed by atoms with Crippen LogP contribution in [0.3, 0.4) is 0 Å². The van der Waals surface area contributed by atoms with Crippen molar-refractivity contribution in [2.45, 2.75) is 32.2 Å². The number of carbonyl (C=O) groups excluding carboxylic acids is 1. The highest BCUT2D eigenvalue weighted by Crippen LogP contribution is 2.24. The van der Waals surface area contributed by atoms with Gasteiger partial charge in [0.15, 0.2) is 0 Å². The van der Waals surface area contributed by atoms with Crippen molar-refractivity contribution in [1.29, 1.82) is 0 Å². The number of hydrogen-bond acceptors (Lipinski definition) is 3. The molecular weight excluding hydrogens is 228 g/mol. The van der Waals surface area contributed by atoms with Crippen molar-refractivity contribution in [3.05, 3.63) is 23.8 Å². The summed E-state index contributed by atoms with van der Waals surface area (Å²) in [6.45, 7) is 2.92. The van der Waals surface area contributed by atoms with E-state index in [9.17, 15) is 4.79 Å². The van der Waals surface area contributed by atoms with Gasteiger partial charge in [0.25, 0.3) is 5.91 Å². The molecule has 1 saturated heterocycles. The molecule has 0 aliphatic carbocycles. The predicted octanol–water partition coefficient (Wildman–Crippen LogP) is 2.29. The fourth-order valence-corrected chi connectivity index (χ4v) is 2.42. The van der Waals surface area contributed by atoms with Crippen molar-refractivity contribution >= 4 is 11.6 Å². The smallest absolute Gasteiger partial charge is 0.256 e. The van der Waals surface area contributed by atoms with Crippen molar-refractivity contribution in [1.82, 2.24) is 4.90 Å². The second kappa shape index (κ2) is 5.29. The van der Waals surface area contributed by atoms with Gasteiger partial charge in [-0.2, -0.15) is 0 Å². The zero-order valence-corrected chi connectivity index (χ0v) is 11.0. The van der Waals surface area contributed by atoms with E-state index in [0.29, 0.717) is 23.0 Å². The van der Waals surface area contributed by atoms with Gasteiger partial charge < -0.3 is 15.4 Å². The molecule has 1 unspecified atom stereocenters. The number of nitrogens with zero attached hydrogens (tertiary/aromatic N) is 1. The lowest BCUT2D eigenvalue weighted by Gasteiger charge is -2.33. The third-order valence-electron chi connectivity index (χ3n) is 3.55. The zero-order valence-electron chi connectivity index (χ0n) is 11.0. The highest BCUT2D eigenvalue weighted by molar-refractivity contribution is 5.99. The highest BCUT2D eigenvalue weighted by atomic mass is 16.5. The first-order valence-electron chi connectivity index (χ1n) is 6.38. The Balaban J connectivity index is 2.22. The Morgan fingerprint density at radius 3 is 2.83 bits per heavy atom. The van der Waals surface area contributed by atoms with Crippen LogP contribution >= 0.6 is 0 Å². The summed E-state index contributed by atoms with van der Waals surface area (Å²) in [5.74, 6) is 0.707. The van der Waals surface area contributed by atoms with Gasteiger partial charge in [0, 0.05) is 24.3 Å². The van der Waals surface area contributed by atoms with Crippen LogP contribution in [0.1, 0.15) is 36.5 Å². The van der Waals surface area contributed by atoms with E-state index in [2.05, 4.69) is 6.92 Å². The van der Waals surface area contributed by atoms with Gasteiger partial charge in [-0.05, 0) is 38.3 Å². The third-order valence-corrected chi connectivity index (χ3v) is 3.55. The summed E-state index contributed by atoms with van der Waals surface area (Å²) >= 11 is 0. The molecule has 1 aliphatic heterocycles. The summed E-state index contributed by atoms with van der Waals surface area (Å²) in [5, 5.41) is 0. The number of carbonyl (C=O) groups is 1. The normalized spacial score (nSPS) is 19.7. The molecule has 1 aliphatic rings. The van der Waals surface area contributed by atoms with Crippen LogP contribution in [-0.4, -0.2) is 30.5 Å². The molecule has 4 nitrogen and oxygen atoms in total. The van der Waals surface area contributed by atoms with Gasteiger partial charge in [-0.15, -0.1) is 0 Å². The van der Waals surface area contributed by atoms with Crippen molar-refractivity contribution in [2.75, 3.05) is 19.4 Å². The number of piperidine rings is 1. The van der Waals surface area contributed by atoms with Crippen LogP contribution < -0.4 is 10.5 Å². The number of amides is 1. The third kappa shape index (κ3) is 2.42. The van der Waals surface area contributed by atoms with Crippen LogP contribution in [0.25, 0.3) is 0 Å². The largest absolute Gasteiger partial charge is 0.497 e. The molecule has 1 atom stereocenters. The minimum absolute atomic E-state index is 0.0300. The van der Waals surface area contributed by atoms with Gasteiger partial charge in [0.05, 0.1) is 12.7 Å². The molecule has 1 heterocycles. The van der Waals surface area contributed by atoms with Crippen molar-refractivity contribution < 1.29 is 9.53 Å². The number of ether oxygens (including phenoxy) is 1. The average molecular weight is 248 g/mol. The maximum Gasteiger partial charge on any atom is 0.256 e. The van der Waals surface area contributed by atoms with Gasteiger partial charge in [-0.25, -0.2) is 0 Å². The van der Waals surface area contributed by atoms with E-state index in [0.717, 1.165) is 19.4 Å².